The van der Waals surface area contributed by atoms with Crippen LogP contribution in [-0.2, 0) is 20.9 Å². The van der Waals surface area contributed by atoms with Gasteiger partial charge in [-0.15, -0.1) is 0 Å². The fourth-order valence-electron chi connectivity index (χ4n) is 9.63. The molecule has 0 bridgehead atoms. The first-order chi connectivity index (χ1) is 23.8. The number of hydrogen-bond donors (Lipinski definition) is 2. The summed E-state index contributed by atoms with van der Waals surface area (Å²) in [6.07, 6.45) is 15.7. The normalized spacial score (nSPS) is 24.2. The van der Waals surface area contributed by atoms with Crippen LogP contribution in [0.5, 0.6) is 0 Å². The number of fused-ring (bicyclic) bond motifs is 5. The van der Waals surface area contributed by atoms with E-state index < -0.39 is 0 Å². The van der Waals surface area contributed by atoms with Crippen molar-refractivity contribution in [2.75, 3.05) is 13.1 Å². The molecule has 49 heavy (non-hydrogen) atoms. The zero-order valence-electron chi connectivity index (χ0n) is 29.6. The Bertz CT molecular complexity index is 1700. The van der Waals surface area contributed by atoms with Crippen molar-refractivity contribution in [3.05, 3.63) is 70.4 Å². The van der Waals surface area contributed by atoms with Crippen LogP contribution in [0.2, 0.25) is 0 Å². The molecule has 2 saturated carbocycles. The van der Waals surface area contributed by atoms with Gasteiger partial charge in [-0.2, -0.15) is 0 Å². The average molecular weight is 666 g/mol. The highest BCUT2D eigenvalue weighted by atomic mass is 16.2. The second-order valence-electron chi connectivity index (χ2n) is 15.2. The summed E-state index contributed by atoms with van der Waals surface area (Å²) in [5, 5.41) is 7.55. The number of nitrogens with one attached hydrogen (secondary N) is 2. The van der Waals surface area contributed by atoms with Crippen LogP contribution in [0.15, 0.2) is 65.0 Å². The third-order valence-electron chi connectivity index (χ3n) is 12.4. The Morgan fingerprint density at radius 2 is 1.61 bits per heavy atom. The van der Waals surface area contributed by atoms with Gasteiger partial charge in [-0.25, -0.2) is 0 Å². The molecule has 0 aliphatic heterocycles. The van der Waals surface area contributed by atoms with Gasteiger partial charge in [-0.1, -0.05) is 62.9 Å². The van der Waals surface area contributed by atoms with Crippen LogP contribution in [0, 0.1) is 29.1 Å². The second-order valence-corrected chi connectivity index (χ2v) is 15.2. The molecule has 2 fully saturated rings. The van der Waals surface area contributed by atoms with E-state index in [1.165, 1.54) is 31.3 Å². The first-order valence-electron chi connectivity index (χ1n) is 19.1. The largest absolute Gasteiger partial charge is 0.354 e. The molecule has 3 aromatic rings. The molecule has 262 valence electrons. The number of benzene rings is 2. The molecule has 5 atom stereocenters. The molecule has 2 N–H and O–H groups in total. The topological polar surface area (TPSA) is 97.3 Å². The van der Waals surface area contributed by atoms with Crippen molar-refractivity contribution in [1.82, 2.24) is 15.2 Å². The first kappa shape index (κ1) is 35.1. The van der Waals surface area contributed by atoms with Crippen LogP contribution in [0.4, 0.5) is 0 Å². The van der Waals surface area contributed by atoms with Gasteiger partial charge < -0.3 is 15.2 Å². The Morgan fingerprint density at radius 1 is 0.898 bits per heavy atom. The lowest BCUT2D eigenvalue weighted by Crippen LogP contribution is -2.45. The molecule has 2 aromatic carbocycles. The molecule has 0 radical (unpaired) electrons. The van der Waals surface area contributed by atoms with Gasteiger partial charge in [0.15, 0.2) is 11.2 Å². The molecule has 7 heteroatoms. The summed E-state index contributed by atoms with van der Waals surface area (Å²) in [4.78, 5) is 50.7. The van der Waals surface area contributed by atoms with Crippen LogP contribution < -0.4 is 16.1 Å². The highest BCUT2D eigenvalue weighted by Gasteiger charge is 2.49. The van der Waals surface area contributed by atoms with Gasteiger partial charge in [-0.05, 0) is 111 Å². The summed E-state index contributed by atoms with van der Waals surface area (Å²) < 4.78 is 2.23. The Kier molecular flexibility index (Phi) is 11.4. The SMILES string of the molecule is CCC(CCC1CCCC2C1CCC1=CC(=O)CCC12C)C(=O)NCCNC(=O)CCCCCn1c2ccccc2c(=O)c2ccccc21. The van der Waals surface area contributed by atoms with Gasteiger partial charge in [0, 0.05) is 49.2 Å². The van der Waals surface area contributed by atoms with Crippen molar-refractivity contribution in [1.29, 1.82) is 0 Å². The van der Waals surface area contributed by atoms with E-state index in [-0.39, 0.29) is 28.6 Å². The number of para-hydroxylation sites is 2. The lowest BCUT2D eigenvalue weighted by Gasteiger charge is -2.54. The average Bonchev–Trinajstić information content (AvgIpc) is 3.12. The number of amides is 2. The van der Waals surface area contributed by atoms with Gasteiger partial charge in [0.2, 0.25) is 11.8 Å². The van der Waals surface area contributed by atoms with E-state index in [0.29, 0.717) is 49.5 Å². The van der Waals surface area contributed by atoms with Crippen LogP contribution in [0.25, 0.3) is 21.8 Å². The molecular formula is C42H55N3O4. The Morgan fingerprint density at radius 3 is 2.35 bits per heavy atom. The summed E-state index contributed by atoms with van der Waals surface area (Å²) in [5.74, 6) is 2.51. The molecular weight excluding hydrogens is 610 g/mol. The number of allylic oxidation sites excluding steroid dienone is 2. The summed E-state index contributed by atoms with van der Waals surface area (Å²) in [6, 6.07) is 15.6. The molecule has 1 aromatic heterocycles. The van der Waals surface area contributed by atoms with Gasteiger partial charge in [0.1, 0.15) is 0 Å². The lowest BCUT2D eigenvalue weighted by atomic mass is 9.50. The number of rotatable bonds is 14. The van der Waals surface area contributed by atoms with Crippen molar-refractivity contribution in [3.63, 3.8) is 0 Å². The summed E-state index contributed by atoms with van der Waals surface area (Å²) in [7, 11) is 0. The molecule has 1 heterocycles. The van der Waals surface area contributed by atoms with Crippen molar-refractivity contribution < 1.29 is 14.4 Å². The monoisotopic (exact) mass is 665 g/mol. The zero-order chi connectivity index (χ0) is 34.4. The molecule has 5 unspecified atom stereocenters. The number of carbonyl (C=O) groups excluding carboxylic acids is 3. The van der Waals surface area contributed by atoms with Crippen LogP contribution in [0.1, 0.15) is 104 Å². The number of carbonyl (C=O) groups is 3. The van der Waals surface area contributed by atoms with Crippen molar-refractivity contribution in [2.45, 2.75) is 110 Å². The van der Waals surface area contributed by atoms with Crippen molar-refractivity contribution >= 4 is 39.4 Å². The molecule has 6 rings (SSSR count). The van der Waals surface area contributed by atoms with Crippen LogP contribution in [-0.4, -0.2) is 35.3 Å². The molecule has 0 saturated heterocycles. The van der Waals surface area contributed by atoms with E-state index in [1.807, 2.05) is 54.6 Å². The maximum Gasteiger partial charge on any atom is 0.223 e. The second kappa shape index (κ2) is 15.9. The van der Waals surface area contributed by atoms with Crippen molar-refractivity contribution in [2.24, 2.45) is 29.1 Å². The highest BCUT2D eigenvalue weighted by Crippen LogP contribution is 2.58. The van der Waals surface area contributed by atoms with E-state index in [2.05, 4.69) is 29.0 Å². The highest BCUT2D eigenvalue weighted by molar-refractivity contribution is 5.93. The molecule has 2 amide bonds. The Hall–Kier alpha value is -3.74. The van der Waals surface area contributed by atoms with E-state index >= 15 is 0 Å². The first-order valence-corrected chi connectivity index (χ1v) is 19.1. The fraction of sp³-hybridized carbons (Fsp3) is 0.571. The smallest absolute Gasteiger partial charge is 0.223 e. The number of pyridine rings is 1. The predicted molar refractivity (Wildman–Crippen MR) is 197 cm³/mol. The van der Waals surface area contributed by atoms with Gasteiger partial charge in [-0.3, -0.25) is 19.2 Å². The third-order valence-corrected chi connectivity index (χ3v) is 12.4. The number of ketones is 1. The van der Waals surface area contributed by atoms with Crippen molar-refractivity contribution in [3.8, 4) is 0 Å². The summed E-state index contributed by atoms with van der Waals surface area (Å²) in [6.45, 7) is 6.21. The van der Waals surface area contributed by atoms with E-state index in [0.717, 1.165) is 79.7 Å². The number of unbranched alkanes of at least 4 members (excludes halogenated alkanes) is 2. The zero-order valence-corrected chi connectivity index (χ0v) is 29.6. The minimum absolute atomic E-state index is 0.00923. The quantitative estimate of drug-likeness (QED) is 0.135. The minimum Gasteiger partial charge on any atom is -0.354 e. The fourth-order valence-corrected chi connectivity index (χ4v) is 9.63. The third kappa shape index (κ3) is 7.71. The van der Waals surface area contributed by atoms with E-state index in [4.69, 9.17) is 0 Å². The molecule has 3 aliphatic rings. The van der Waals surface area contributed by atoms with Gasteiger partial charge in [0.05, 0.1) is 11.0 Å². The maximum atomic E-state index is 13.1. The maximum absolute atomic E-state index is 13.1. The van der Waals surface area contributed by atoms with E-state index in [9.17, 15) is 19.2 Å². The molecule has 0 spiro atoms. The Labute approximate surface area is 291 Å². The van der Waals surface area contributed by atoms with Crippen LogP contribution in [0.3, 0.4) is 0 Å². The number of aromatic nitrogens is 1. The number of aryl methyl sites for hydroxylation is 1. The number of nitrogens with zero attached hydrogens (tertiary/aromatic N) is 1. The van der Waals surface area contributed by atoms with Crippen LogP contribution >= 0.6 is 0 Å². The van der Waals surface area contributed by atoms with Gasteiger partial charge in [0.25, 0.3) is 0 Å². The number of hydrogen-bond acceptors (Lipinski definition) is 4. The molecule has 7 nitrogen and oxygen atoms in total. The summed E-state index contributed by atoms with van der Waals surface area (Å²) >= 11 is 0. The summed E-state index contributed by atoms with van der Waals surface area (Å²) in [5.41, 5.74) is 3.58. The Balaban J connectivity index is 0.891. The standard InChI is InChI=1S/C42H55N3O4/c1-3-29(19-20-30-12-11-15-36-33(30)22-21-31-28-32(46)23-24-42(31,36)2)41(49)44-26-25-43-39(47)18-5-4-10-27-45-37-16-8-6-13-34(37)40(48)35-14-7-9-17-38(35)45/h6-9,13-14,16-17,28-30,33,36H,3-5,10-12,15,18-27H2,1-2H3,(H,43,47)(H,44,49). The lowest BCUT2D eigenvalue weighted by molar-refractivity contribution is -0.126. The minimum atomic E-state index is 0.00923. The van der Waals surface area contributed by atoms with Gasteiger partial charge >= 0.3 is 0 Å². The predicted octanol–water partition coefficient (Wildman–Crippen LogP) is 7.88. The van der Waals surface area contributed by atoms with E-state index in [1.54, 1.807) is 0 Å². The molecule has 3 aliphatic carbocycles.